The summed E-state index contributed by atoms with van der Waals surface area (Å²) in [5, 5.41) is 20.7. The number of benzene rings is 1. The molecular weight excluding hydrogens is 480 g/mol. The summed E-state index contributed by atoms with van der Waals surface area (Å²) in [6.07, 6.45) is 2.75. The number of hydrogen-bond acceptors (Lipinski definition) is 8. The van der Waals surface area contributed by atoms with Crippen molar-refractivity contribution in [2.24, 2.45) is 5.92 Å². The number of aliphatic hydroxyl groups excluding tert-OH is 2. The molecule has 3 amide bonds. The Labute approximate surface area is 214 Å². The first-order chi connectivity index (χ1) is 17.9. The Hall–Kier alpha value is -3.70. The van der Waals surface area contributed by atoms with E-state index in [9.17, 15) is 19.5 Å². The van der Waals surface area contributed by atoms with Crippen LogP contribution in [0.5, 0.6) is 11.6 Å². The number of amides is 3. The van der Waals surface area contributed by atoms with Crippen molar-refractivity contribution in [3.63, 3.8) is 0 Å². The molecule has 2 aliphatic heterocycles. The van der Waals surface area contributed by atoms with Gasteiger partial charge in [0.15, 0.2) is 6.10 Å². The predicted molar refractivity (Wildman–Crippen MR) is 131 cm³/mol. The lowest BCUT2D eigenvalue weighted by Gasteiger charge is -2.18. The van der Waals surface area contributed by atoms with Gasteiger partial charge in [-0.05, 0) is 42.5 Å². The average Bonchev–Trinajstić information content (AvgIpc) is 3.61. The second-order valence-corrected chi connectivity index (χ2v) is 9.61. The van der Waals surface area contributed by atoms with Gasteiger partial charge in [0.1, 0.15) is 12.3 Å². The molecule has 1 saturated carbocycles. The lowest BCUT2D eigenvalue weighted by Crippen LogP contribution is -2.41. The van der Waals surface area contributed by atoms with E-state index < -0.39 is 24.7 Å². The molecule has 2 atom stereocenters. The van der Waals surface area contributed by atoms with Crippen LogP contribution in [-0.4, -0.2) is 82.9 Å². The van der Waals surface area contributed by atoms with E-state index in [4.69, 9.17) is 14.6 Å². The molecule has 1 saturated heterocycles. The summed E-state index contributed by atoms with van der Waals surface area (Å²) in [4.78, 5) is 45.4. The molecule has 0 spiro atoms. The Bertz CT molecular complexity index is 1170. The van der Waals surface area contributed by atoms with Crippen molar-refractivity contribution in [3.8, 4) is 11.6 Å². The van der Waals surface area contributed by atoms with Crippen LogP contribution in [0.25, 0.3) is 0 Å². The third-order valence-corrected chi connectivity index (χ3v) is 6.67. The van der Waals surface area contributed by atoms with Crippen LogP contribution in [0.1, 0.15) is 35.2 Å². The van der Waals surface area contributed by atoms with E-state index in [0.29, 0.717) is 48.4 Å². The van der Waals surface area contributed by atoms with Gasteiger partial charge in [0.25, 0.3) is 11.8 Å². The van der Waals surface area contributed by atoms with Crippen molar-refractivity contribution in [2.75, 3.05) is 37.7 Å². The number of aromatic nitrogens is 1. The molecule has 3 heterocycles. The van der Waals surface area contributed by atoms with Crippen molar-refractivity contribution in [1.82, 2.24) is 15.2 Å². The average molecular weight is 511 g/mol. The molecule has 2 fully saturated rings. The van der Waals surface area contributed by atoms with Gasteiger partial charge < -0.3 is 34.8 Å². The number of hydrogen-bond donors (Lipinski definition) is 3. The molecule has 1 aliphatic carbocycles. The Morgan fingerprint density at radius 2 is 2.03 bits per heavy atom. The number of ether oxygens (including phenoxy) is 2. The van der Waals surface area contributed by atoms with Gasteiger partial charge in [-0.3, -0.25) is 14.4 Å². The Morgan fingerprint density at radius 1 is 1.19 bits per heavy atom. The first-order valence-electron chi connectivity index (χ1n) is 12.5. The van der Waals surface area contributed by atoms with Gasteiger partial charge in [-0.2, -0.15) is 0 Å². The van der Waals surface area contributed by atoms with Gasteiger partial charge in [0, 0.05) is 43.4 Å². The molecule has 5 rings (SSSR count). The fourth-order valence-electron chi connectivity index (χ4n) is 4.36. The molecule has 1 aromatic heterocycles. The molecule has 0 radical (unpaired) electrons. The van der Waals surface area contributed by atoms with Gasteiger partial charge in [-0.15, -0.1) is 0 Å². The molecule has 3 N–H and O–H groups in total. The summed E-state index contributed by atoms with van der Waals surface area (Å²) in [5.41, 5.74) is 1.82. The first-order valence-corrected chi connectivity index (χ1v) is 12.5. The first kappa shape index (κ1) is 25.0. The molecule has 11 nitrogen and oxygen atoms in total. The van der Waals surface area contributed by atoms with E-state index in [1.54, 1.807) is 41.4 Å². The van der Waals surface area contributed by atoms with E-state index in [2.05, 4.69) is 10.3 Å². The normalized spacial score (nSPS) is 19.7. The van der Waals surface area contributed by atoms with Crippen molar-refractivity contribution in [3.05, 3.63) is 47.7 Å². The van der Waals surface area contributed by atoms with Crippen LogP contribution in [0.15, 0.2) is 36.5 Å². The second kappa shape index (κ2) is 10.7. The van der Waals surface area contributed by atoms with Gasteiger partial charge in [-0.25, -0.2) is 4.98 Å². The largest absolute Gasteiger partial charge is 0.479 e. The van der Waals surface area contributed by atoms with Crippen LogP contribution < -0.4 is 19.7 Å². The zero-order valence-electron chi connectivity index (χ0n) is 20.3. The zero-order valence-corrected chi connectivity index (χ0v) is 20.3. The summed E-state index contributed by atoms with van der Waals surface area (Å²) in [7, 11) is 0. The number of nitrogens with zero attached hydrogens (tertiary/aromatic N) is 3. The maximum absolute atomic E-state index is 13.1. The number of rotatable bonds is 11. The second-order valence-electron chi connectivity index (χ2n) is 9.61. The van der Waals surface area contributed by atoms with Crippen LogP contribution in [0.3, 0.4) is 0 Å². The Morgan fingerprint density at radius 3 is 2.76 bits per heavy atom. The third-order valence-electron chi connectivity index (χ3n) is 6.67. The highest BCUT2D eigenvalue weighted by Gasteiger charge is 2.36. The highest BCUT2D eigenvalue weighted by atomic mass is 16.5. The van der Waals surface area contributed by atoms with Crippen LogP contribution in [0.4, 0.5) is 5.69 Å². The SMILES string of the molecule is O=C(CN1Cc2ccc(N3CC[C@@H](Oc4ccc(OCC5CC5)nc4)C3=O)cc2C1=O)NC[C@@H](O)CO. The summed E-state index contributed by atoms with van der Waals surface area (Å²) < 4.78 is 11.5. The van der Waals surface area contributed by atoms with Gasteiger partial charge in [0.2, 0.25) is 11.8 Å². The number of aliphatic hydroxyl groups is 2. The molecule has 0 unspecified atom stereocenters. The maximum atomic E-state index is 13.1. The topological polar surface area (TPSA) is 142 Å². The fraction of sp³-hybridized carbons (Fsp3) is 0.462. The minimum absolute atomic E-state index is 0.0941. The highest BCUT2D eigenvalue weighted by molar-refractivity contribution is 6.03. The molecule has 0 bridgehead atoms. The standard InChI is InChI=1S/C26H30N4O7/c31-14-19(32)10-27-23(33)13-29-12-17-3-4-18(9-21(17)25(29)34)30-8-7-22(26(30)35)37-20-5-6-24(28-11-20)36-15-16-1-2-16/h3-6,9,11,16,19,22,31-32H,1-2,7-8,10,12-15H2,(H,27,33)/t19-,22-/m1/s1. The maximum Gasteiger partial charge on any atom is 0.268 e. The van der Waals surface area contributed by atoms with Crippen LogP contribution in [0, 0.1) is 5.92 Å². The molecule has 11 heteroatoms. The summed E-state index contributed by atoms with van der Waals surface area (Å²) in [5.74, 6) is 0.733. The molecule has 1 aromatic carbocycles. The van der Waals surface area contributed by atoms with Crippen molar-refractivity contribution in [1.29, 1.82) is 0 Å². The van der Waals surface area contributed by atoms with E-state index in [0.717, 1.165) is 5.56 Å². The van der Waals surface area contributed by atoms with Crippen LogP contribution in [-0.2, 0) is 16.1 Å². The van der Waals surface area contributed by atoms with Gasteiger partial charge in [-0.1, -0.05) is 6.07 Å². The third kappa shape index (κ3) is 5.83. The number of anilines is 1. The molecule has 37 heavy (non-hydrogen) atoms. The number of carbonyl (C=O) groups is 3. The number of nitrogens with one attached hydrogen (secondary N) is 1. The predicted octanol–water partition coefficient (Wildman–Crippen LogP) is 0.480. The lowest BCUT2D eigenvalue weighted by molar-refractivity contribution is -0.123. The van der Waals surface area contributed by atoms with E-state index in [1.165, 1.54) is 17.7 Å². The van der Waals surface area contributed by atoms with E-state index in [-0.39, 0.29) is 31.4 Å². The van der Waals surface area contributed by atoms with Crippen LogP contribution >= 0.6 is 0 Å². The zero-order chi connectivity index (χ0) is 25.9. The summed E-state index contributed by atoms with van der Waals surface area (Å²) in [6, 6.07) is 8.75. The minimum atomic E-state index is -1.05. The minimum Gasteiger partial charge on any atom is -0.479 e. The van der Waals surface area contributed by atoms with Crippen molar-refractivity contribution >= 4 is 23.4 Å². The van der Waals surface area contributed by atoms with E-state index in [1.807, 2.05) is 0 Å². The van der Waals surface area contributed by atoms with Gasteiger partial charge >= 0.3 is 0 Å². The molecule has 2 aromatic rings. The Kier molecular flexibility index (Phi) is 7.24. The number of fused-ring (bicyclic) bond motifs is 1. The van der Waals surface area contributed by atoms with E-state index >= 15 is 0 Å². The smallest absolute Gasteiger partial charge is 0.268 e. The summed E-state index contributed by atoms with van der Waals surface area (Å²) in [6.45, 7) is 0.674. The number of pyridine rings is 1. The molecule has 196 valence electrons. The number of carbonyl (C=O) groups excluding carboxylic acids is 3. The lowest BCUT2D eigenvalue weighted by atomic mass is 10.1. The van der Waals surface area contributed by atoms with Crippen LogP contribution in [0.2, 0.25) is 0 Å². The molecule has 3 aliphatic rings. The Balaban J connectivity index is 1.17. The monoisotopic (exact) mass is 510 g/mol. The van der Waals surface area contributed by atoms with Crippen molar-refractivity contribution in [2.45, 2.75) is 38.0 Å². The fourth-order valence-corrected chi connectivity index (χ4v) is 4.36. The highest BCUT2D eigenvalue weighted by Crippen LogP contribution is 2.31. The quantitative estimate of drug-likeness (QED) is 0.396. The molecular formula is C26H30N4O7. The summed E-state index contributed by atoms with van der Waals surface area (Å²) >= 11 is 0. The van der Waals surface area contributed by atoms with Gasteiger partial charge in [0.05, 0.1) is 25.5 Å². The van der Waals surface area contributed by atoms with Crippen molar-refractivity contribution < 1.29 is 34.1 Å².